The molecule has 0 aliphatic carbocycles. The second kappa shape index (κ2) is 5.41. The zero-order chi connectivity index (χ0) is 13.1. The second-order valence-corrected chi connectivity index (χ2v) is 4.98. The quantitative estimate of drug-likeness (QED) is 0.519. The first kappa shape index (κ1) is 12.9. The summed E-state index contributed by atoms with van der Waals surface area (Å²) in [5, 5.41) is 0.341. The summed E-state index contributed by atoms with van der Waals surface area (Å²) >= 11 is 5.90. The van der Waals surface area contributed by atoms with Crippen molar-refractivity contribution in [3.8, 4) is 0 Å². The van der Waals surface area contributed by atoms with Crippen LogP contribution < -0.4 is 0 Å². The molecule has 0 unspecified atom stereocenters. The number of hydrogen-bond acceptors (Lipinski definition) is 4. The number of halogens is 1. The van der Waals surface area contributed by atoms with E-state index < -0.39 is 0 Å². The Morgan fingerprint density at radius 3 is 2.67 bits per heavy atom. The molecule has 0 atom stereocenters. The van der Waals surface area contributed by atoms with Gasteiger partial charge in [-0.25, -0.2) is 9.37 Å². The van der Waals surface area contributed by atoms with Gasteiger partial charge in [-0.15, -0.1) is 0 Å². The molecule has 0 spiro atoms. The van der Waals surface area contributed by atoms with Gasteiger partial charge in [-0.2, -0.15) is 0 Å². The SMILES string of the molecule is Cc1cc(SC(=O)c2ccc(F)cc2)nc(=S)[nH]1. The first-order valence-corrected chi connectivity index (χ1v) is 6.33. The van der Waals surface area contributed by atoms with Gasteiger partial charge in [0.05, 0.1) is 0 Å². The largest absolute Gasteiger partial charge is 0.335 e. The van der Waals surface area contributed by atoms with Gasteiger partial charge in [0.1, 0.15) is 10.8 Å². The summed E-state index contributed by atoms with van der Waals surface area (Å²) in [6, 6.07) is 7.14. The molecule has 3 nitrogen and oxygen atoms in total. The number of thioether (sulfide) groups is 1. The summed E-state index contributed by atoms with van der Waals surface area (Å²) in [6.45, 7) is 1.84. The average Bonchev–Trinajstić information content (AvgIpc) is 2.28. The molecule has 0 aliphatic heterocycles. The van der Waals surface area contributed by atoms with Crippen LogP contribution >= 0.6 is 24.0 Å². The maximum atomic E-state index is 12.7. The fourth-order valence-corrected chi connectivity index (χ4v) is 2.48. The van der Waals surface area contributed by atoms with Crippen LogP contribution in [0.5, 0.6) is 0 Å². The van der Waals surface area contributed by atoms with Crippen LogP contribution in [0.25, 0.3) is 0 Å². The van der Waals surface area contributed by atoms with E-state index in [4.69, 9.17) is 12.2 Å². The predicted molar refractivity (Wildman–Crippen MR) is 70.7 cm³/mol. The van der Waals surface area contributed by atoms with Crippen LogP contribution in [0.4, 0.5) is 4.39 Å². The summed E-state index contributed by atoms with van der Waals surface area (Å²) in [6.07, 6.45) is 0. The number of aromatic nitrogens is 2. The molecule has 0 saturated carbocycles. The molecule has 1 N–H and O–H groups in total. The topological polar surface area (TPSA) is 45.8 Å². The highest BCUT2D eigenvalue weighted by Gasteiger charge is 2.09. The van der Waals surface area contributed by atoms with Crippen LogP contribution in [0.1, 0.15) is 16.1 Å². The molecule has 0 bridgehead atoms. The summed E-state index contributed by atoms with van der Waals surface area (Å²) in [7, 11) is 0. The van der Waals surface area contributed by atoms with Gasteiger partial charge in [0.25, 0.3) is 0 Å². The van der Waals surface area contributed by atoms with Crippen LogP contribution in [0.2, 0.25) is 0 Å². The number of carbonyl (C=O) groups excluding carboxylic acids is 1. The third-order valence-electron chi connectivity index (χ3n) is 2.13. The lowest BCUT2D eigenvalue weighted by atomic mass is 10.2. The molecule has 0 radical (unpaired) electrons. The number of hydrogen-bond donors (Lipinski definition) is 1. The van der Waals surface area contributed by atoms with Crippen molar-refractivity contribution in [3.05, 3.63) is 52.2 Å². The molecule has 0 fully saturated rings. The highest BCUT2D eigenvalue weighted by atomic mass is 32.2. The number of H-pyrrole nitrogens is 1. The van der Waals surface area contributed by atoms with E-state index in [0.29, 0.717) is 15.4 Å². The van der Waals surface area contributed by atoms with E-state index in [1.807, 2.05) is 6.92 Å². The van der Waals surface area contributed by atoms with Gasteiger partial charge in [-0.3, -0.25) is 4.79 Å². The molecule has 2 rings (SSSR count). The zero-order valence-corrected chi connectivity index (χ0v) is 11.1. The van der Waals surface area contributed by atoms with Gasteiger partial charge in [-0.05, 0) is 61.2 Å². The number of nitrogens with one attached hydrogen (secondary N) is 1. The average molecular weight is 280 g/mol. The summed E-state index contributed by atoms with van der Waals surface area (Å²) in [4.78, 5) is 18.8. The van der Waals surface area contributed by atoms with Gasteiger partial charge in [-0.1, -0.05) is 0 Å². The van der Waals surface area contributed by atoms with Crippen LogP contribution in [0, 0.1) is 17.5 Å². The Morgan fingerprint density at radius 2 is 2.06 bits per heavy atom. The lowest BCUT2D eigenvalue weighted by molar-refractivity contribution is 0.108. The Hall–Kier alpha value is -1.53. The van der Waals surface area contributed by atoms with Gasteiger partial charge >= 0.3 is 0 Å². The molecule has 0 saturated heterocycles. The maximum Gasteiger partial charge on any atom is 0.225 e. The van der Waals surface area contributed by atoms with E-state index in [0.717, 1.165) is 17.5 Å². The first-order chi connectivity index (χ1) is 8.54. The molecule has 6 heteroatoms. The lowest BCUT2D eigenvalue weighted by Gasteiger charge is -2.01. The number of rotatable bonds is 2. The van der Waals surface area contributed by atoms with Crippen LogP contribution in [-0.4, -0.2) is 15.1 Å². The Morgan fingerprint density at radius 1 is 1.39 bits per heavy atom. The van der Waals surface area contributed by atoms with E-state index in [9.17, 15) is 9.18 Å². The van der Waals surface area contributed by atoms with E-state index in [1.165, 1.54) is 24.3 Å². The minimum atomic E-state index is -0.368. The summed E-state index contributed by atoms with van der Waals surface area (Å²) in [5.41, 5.74) is 1.27. The van der Waals surface area contributed by atoms with Crippen molar-refractivity contribution in [1.82, 2.24) is 9.97 Å². The van der Waals surface area contributed by atoms with Crippen molar-refractivity contribution in [2.45, 2.75) is 11.9 Å². The van der Waals surface area contributed by atoms with Crippen molar-refractivity contribution >= 4 is 29.1 Å². The Bertz CT molecular complexity index is 637. The molecule has 1 heterocycles. The number of benzene rings is 1. The van der Waals surface area contributed by atoms with Crippen molar-refractivity contribution in [1.29, 1.82) is 0 Å². The van der Waals surface area contributed by atoms with E-state index in [2.05, 4.69) is 9.97 Å². The monoisotopic (exact) mass is 280 g/mol. The Kier molecular flexibility index (Phi) is 3.88. The smallest absolute Gasteiger partial charge is 0.225 e. The fraction of sp³-hybridized carbons (Fsp3) is 0.0833. The molecule has 1 aromatic heterocycles. The first-order valence-electron chi connectivity index (χ1n) is 5.10. The van der Waals surface area contributed by atoms with Gasteiger partial charge in [0, 0.05) is 11.3 Å². The minimum Gasteiger partial charge on any atom is -0.335 e. The van der Waals surface area contributed by atoms with Crippen molar-refractivity contribution in [3.63, 3.8) is 0 Å². The summed E-state index contributed by atoms with van der Waals surface area (Å²) in [5.74, 6) is -0.368. The standard InChI is InChI=1S/C12H9FN2OS2/c1-7-6-10(15-12(17)14-7)18-11(16)8-2-4-9(13)5-3-8/h2-6H,1H3,(H,14,15,17). The van der Waals surface area contributed by atoms with Crippen LogP contribution in [0.15, 0.2) is 35.4 Å². The zero-order valence-electron chi connectivity index (χ0n) is 9.44. The lowest BCUT2D eigenvalue weighted by Crippen LogP contribution is -1.96. The second-order valence-electron chi connectivity index (χ2n) is 3.60. The van der Waals surface area contributed by atoms with E-state index >= 15 is 0 Å². The third kappa shape index (κ3) is 3.24. The van der Waals surface area contributed by atoms with E-state index in [1.54, 1.807) is 6.07 Å². The number of nitrogens with zero attached hydrogens (tertiary/aromatic N) is 1. The fourth-order valence-electron chi connectivity index (χ4n) is 1.34. The molecule has 0 amide bonds. The van der Waals surface area contributed by atoms with Crippen LogP contribution in [0.3, 0.4) is 0 Å². The summed E-state index contributed by atoms with van der Waals surface area (Å²) < 4.78 is 13.1. The number of aryl methyl sites for hydroxylation is 1. The normalized spacial score (nSPS) is 10.3. The molecule has 0 aliphatic rings. The molecule has 1 aromatic carbocycles. The van der Waals surface area contributed by atoms with E-state index in [-0.39, 0.29) is 10.9 Å². The molecular formula is C12H9FN2OS2. The Balaban J connectivity index is 2.21. The molecule has 2 aromatic rings. The highest BCUT2D eigenvalue weighted by Crippen LogP contribution is 2.21. The predicted octanol–water partition coefficient (Wildman–Crippen LogP) is 3.52. The number of aromatic amines is 1. The van der Waals surface area contributed by atoms with Crippen molar-refractivity contribution in [2.24, 2.45) is 0 Å². The third-order valence-corrected chi connectivity index (χ3v) is 3.17. The van der Waals surface area contributed by atoms with Gasteiger partial charge < -0.3 is 4.98 Å². The minimum absolute atomic E-state index is 0.192. The van der Waals surface area contributed by atoms with Crippen molar-refractivity contribution < 1.29 is 9.18 Å². The van der Waals surface area contributed by atoms with Gasteiger partial charge in [0.2, 0.25) is 5.12 Å². The maximum absolute atomic E-state index is 12.7. The highest BCUT2D eigenvalue weighted by molar-refractivity contribution is 8.14. The van der Waals surface area contributed by atoms with Gasteiger partial charge in [0.15, 0.2) is 4.77 Å². The van der Waals surface area contributed by atoms with Crippen molar-refractivity contribution in [2.75, 3.05) is 0 Å². The Labute approximate surface area is 112 Å². The molecule has 18 heavy (non-hydrogen) atoms. The number of carbonyl (C=O) groups is 1. The van der Waals surface area contributed by atoms with Crippen LogP contribution in [-0.2, 0) is 0 Å². The molecule has 92 valence electrons. The molecular weight excluding hydrogens is 271 g/mol.